The smallest absolute Gasteiger partial charge is 0.240 e. The number of hydrogen-bond donors (Lipinski definition) is 1. The van der Waals surface area contributed by atoms with Gasteiger partial charge < -0.3 is 10.2 Å². The van der Waals surface area contributed by atoms with E-state index in [1.54, 1.807) is 4.90 Å². The normalized spacial score (nSPS) is 18.2. The molecule has 0 aliphatic carbocycles. The standard InChI is InChI=1S/C14H21N3O.ClH/c1-16(13-8-9-15-10-13)11-14(18)17(2)12-6-4-3-5-7-12;/h3-7,13,15H,8-11H2,1-2H3;1H. The van der Waals surface area contributed by atoms with Gasteiger partial charge in [0.1, 0.15) is 0 Å². The molecular weight excluding hydrogens is 262 g/mol. The Morgan fingerprint density at radius 2 is 2.00 bits per heavy atom. The average molecular weight is 284 g/mol. The van der Waals surface area contributed by atoms with Crippen LogP contribution in [-0.4, -0.2) is 50.6 Å². The molecule has 0 spiro atoms. The number of benzene rings is 1. The SMILES string of the molecule is CN(C(=O)CN(C)C1CCNC1)c1ccccc1.Cl. The first-order chi connectivity index (χ1) is 8.68. The number of halogens is 1. The van der Waals surface area contributed by atoms with E-state index in [1.807, 2.05) is 44.4 Å². The summed E-state index contributed by atoms with van der Waals surface area (Å²) in [5.74, 6) is 0.135. The first kappa shape index (κ1) is 16.0. The van der Waals surface area contributed by atoms with Crippen LogP contribution in [0.1, 0.15) is 6.42 Å². The summed E-state index contributed by atoms with van der Waals surface area (Å²) in [6.07, 6.45) is 1.12. The number of rotatable bonds is 4. The van der Waals surface area contributed by atoms with Crippen LogP contribution in [0.3, 0.4) is 0 Å². The number of carbonyl (C=O) groups excluding carboxylic acids is 1. The van der Waals surface area contributed by atoms with Crippen molar-refractivity contribution in [2.45, 2.75) is 12.5 Å². The van der Waals surface area contributed by atoms with Crippen molar-refractivity contribution in [2.75, 3.05) is 38.6 Å². The summed E-state index contributed by atoms with van der Waals surface area (Å²) in [6.45, 7) is 2.51. The lowest BCUT2D eigenvalue weighted by molar-refractivity contribution is -0.119. The van der Waals surface area contributed by atoms with E-state index >= 15 is 0 Å². The molecule has 4 nitrogen and oxygen atoms in total. The first-order valence-electron chi connectivity index (χ1n) is 6.41. The molecule has 1 atom stereocenters. The van der Waals surface area contributed by atoms with Crippen LogP contribution in [0.15, 0.2) is 30.3 Å². The van der Waals surface area contributed by atoms with Gasteiger partial charge in [0.15, 0.2) is 0 Å². The summed E-state index contributed by atoms with van der Waals surface area (Å²) in [6, 6.07) is 10.2. The maximum absolute atomic E-state index is 12.2. The Kier molecular flexibility index (Phi) is 6.28. The monoisotopic (exact) mass is 283 g/mol. The van der Waals surface area contributed by atoms with Gasteiger partial charge in [0.05, 0.1) is 6.54 Å². The van der Waals surface area contributed by atoms with Crippen molar-refractivity contribution < 1.29 is 4.79 Å². The van der Waals surface area contributed by atoms with Crippen LogP contribution < -0.4 is 10.2 Å². The van der Waals surface area contributed by atoms with Crippen molar-refractivity contribution in [1.82, 2.24) is 10.2 Å². The lowest BCUT2D eigenvalue weighted by Gasteiger charge is -2.25. The first-order valence-corrected chi connectivity index (χ1v) is 6.41. The van der Waals surface area contributed by atoms with Crippen LogP contribution in [-0.2, 0) is 4.79 Å². The number of nitrogens with one attached hydrogen (secondary N) is 1. The number of carbonyl (C=O) groups is 1. The van der Waals surface area contributed by atoms with Crippen molar-refractivity contribution >= 4 is 24.0 Å². The molecule has 1 N–H and O–H groups in total. The fraction of sp³-hybridized carbons (Fsp3) is 0.500. The minimum absolute atomic E-state index is 0. The van der Waals surface area contributed by atoms with E-state index in [4.69, 9.17) is 0 Å². The number of anilines is 1. The van der Waals surface area contributed by atoms with Gasteiger partial charge in [0, 0.05) is 25.3 Å². The molecule has 2 rings (SSSR count). The van der Waals surface area contributed by atoms with E-state index in [9.17, 15) is 4.79 Å². The van der Waals surface area contributed by atoms with Gasteiger partial charge in [-0.2, -0.15) is 0 Å². The summed E-state index contributed by atoms with van der Waals surface area (Å²) < 4.78 is 0. The van der Waals surface area contributed by atoms with Gasteiger partial charge >= 0.3 is 0 Å². The zero-order valence-corrected chi connectivity index (χ0v) is 12.3. The van der Waals surface area contributed by atoms with E-state index in [2.05, 4.69) is 10.2 Å². The summed E-state index contributed by atoms with van der Waals surface area (Å²) in [7, 11) is 3.85. The van der Waals surface area contributed by atoms with E-state index in [0.29, 0.717) is 12.6 Å². The molecule has 1 aliphatic heterocycles. The van der Waals surface area contributed by atoms with Crippen LogP contribution in [0, 0.1) is 0 Å². The minimum atomic E-state index is 0. The Balaban J connectivity index is 0.00000180. The third-order valence-electron chi connectivity index (χ3n) is 3.56. The number of para-hydroxylation sites is 1. The van der Waals surface area contributed by atoms with E-state index < -0.39 is 0 Å². The molecular formula is C14H22ClN3O. The zero-order chi connectivity index (χ0) is 13.0. The Labute approximate surface area is 121 Å². The number of amides is 1. The third kappa shape index (κ3) is 4.20. The van der Waals surface area contributed by atoms with Gasteiger partial charge in [0.25, 0.3) is 0 Å². The third-order valence-corrected chi connectivity index (χ3v) is 3.56. The number of hydrogen-bond acceptors (Lipinski definition) is 3. The van der Waals surface area contributed by atoms with Gasteiger partial charge in [-0.05, 0) is 32.1 Å². The Bertz CT molecular complexity index is 393. The summed E-state index contributed by atoms with van der Waals surface area (Å²) in [5, 5.41) is 3.32. The van der Waals surface area contributed by atoms with Crippen LogP contribution >= 0.6 is 12.4 Å². The lowest BCUT2D eigenvalue weighted by Crippen LogP contribution is -2.42. The van der Waals surface area contributed by atoms with E-state index in [0.717, 1.165) is 25.2 Å². The molecule has 19 heavy (non-hydrogen) atoms. The molecule has 1 fully saturated rings. The minimum Gasteiger partial charge on any atom is -0.315 e. The van der Waals surface area contributed by atoms with Gasteiger partial charge in [-0.3, -0.25) is 9.69 Å². The fourth-order valence-electron chi connectivity index (χ4n) is 2.26. The highest BCUT2D eigenvalue weighted by atomic mass is 35.5. The average Bonchev–Trinajstić information content (AvgIpc) is 2.92. The highest BCUT2D eigenvalue weighted by Gasteiger charge is 2.22. The fourth-order valence-corrected chi connectivity index (χ4v) is 2.26. The van der Waals surface area contributed by atoms with Crippen molar-refractivity contribution in [1.29, 1.82) is 0 Å². The second kappa shape index (κ2) is 7.48. The molecule has 1 saturated heterocycles. The summed E-state index contributed by atoms with van der Waals surface area (Å²) in [5.41, 5.74) is 0.945. The summed E-state index contributed by atoms with van der Waals surface area (Å²) >= 11 is 0. The predicted octanol–water partition coefficient (Wildman–Crippen LogP) is 1.36. The molecule has 1 aromatic rings. The highest BCUT2D eigenvalue weighted by Crippen LogP contribution is 2.12. The Morgan fingerprint density at radius 1 is 1.32 bits per heavy atom. The maximum atomic E-state index is 12.2. The van der Waals surface area contributed by atoms with Crippen LogP contribution in [0.4, 0.5) is 5.69 Å². The molecule has 0 bridgehead atoms. The second-order valence-corrected chi connectivity index (χ2v) is 4.85. The van der Waals surface area contributed by atoms with Crippen molar-refractivity contribution in [3.05, 3.63) is 30.3 Å². The van der Waals surface area contributed by atoms with Crippen molar-refractivity contribution in [3.63, 3.8) is 0 Å². The zero-order valence-electron chi connectivity index (χ0n) is 11.5. The van der Waals surface area contributed by atoms with Crippen molar-refractivity contribution in [3.8, 4) is 0 Å². The van der Waals surface area contributed by atoms with Gasteiger partial charge in [-0.15, -0.1) is 12.4 Å². The van der Waals surface area contributed by atoms with Crippen LogP contribution in [0.25, 0.3) is 0 Å². The van der Waals surface area contributed by atoms with E-state index in [1.165, 1.54) is 0 Å². The topological polar surface area (TPSA) is 35.6 Å². The molecule has 106 valence electrons. The van der Waals surface area contributed by atoms with E-state index in [-0.39, 0.29) is 18.3 Å². The number of likely N-dealkylation sites (N-methyl/N-ethyl adjacent to an activating group) is 2. The Morgan fingerprint density at radius 3 is 2.58 bits per heavy atom. The molecule has 0 saturated carbocycles. The number of nitrogens with zero attached hydrogens (tertiary/aromatic N) is 2. The summed E-state index contributed by atoms with van der Waals surface area (Å²) in [4.78, 5) is 16.0. The molecule has 1 aromatic carbocycles. The van der Waals surface area contributed by atoms with Gasteiger partial charge in [-0.1, -0.05) is 18.2 Å². The van der Waals surface area contributed by atoms with Gasteiger partial charge in [-0.25, -0.2) is 0 Å². The van der Waals surface area contributed by atoms with Crippen molar-refractivity contribution in [2.24, 2.45) is 0 Å². The maximum Gasteiger partial charge on any atom is 0.240 e. The molecule has 1 unspecified atom stereocenters. The van der Waals surface area contributed by atoms with Crippen LogP contribution in [0.5, 0.6) is 0 Å². The molecule has 0 aromatic heterocycles. The van der Waals surface area contributed by atoms with Crippen LogP contribution in [0.2, 0.25) is 0 Å². The molecule has 5 heteroatoms. The molecule has 1 aliphatic rings. The lowest BCUT2D eigenvalue weighted by atomic mass is 10.2. The highest BCUT2D eigenvalue weighted by molar-refractivity contribution is 5.94. The largest absolute Gasteiger partial charge is 0.315 e. The molecule has 1 heterocycles. The Hall–Kier alpha value is -1.10. The quantitative estimate of drug-likeness (QED) is 0.906. The second-order valence-electron chi connectivity index (χ2n) is 4.85. The molecule has 1 amide bonds. The van der Waals surface area contributed by atoms with Gasteiger partial charge in [0.2, 0.25) is 5.91 Å². The predicted molar refractivity (Wildman–Crippen MR) is 81.0 cm³/mol. The molecule has 0 radical (unpaired) electrons.